The fraction of sp³-hybridized carbons (Fsp3) is 0.250. The molecule has 154 valence electrons. The minimum absolute atomic E-state index is 0.0432. The summed E-state index contributed by atoms with van der Waals surface area (Å²) < 4.78 is 9.45. The second-order valence-corrected chi connectivity index (χ2v) is 7.35. The molecule has 0 saturated heterocycles. The van der Waals surface area contributed by atoms with Crippen LogP contribution in [0.25, 0.3) is 16.7 Å². The third-order valence-electron chi connectivity index (χ3n) is 5.40. The molecule has 1 amide bonds. The van der Waals surface area contributed by atoms with Gasteiger partial charge in [0.1, 0.15) is 5.75 Å². The molecule has 2 aromatic carbocycles. The first kappa shape index (κ1) is 19.8. The maximum absolute atomic E-state index is 12.8. The number of para-hydroxylation sites is 2. The highest BCUT2D eigenvalue weighted by molar-refractivity contribution is 5.95. The molecule has 0 saturated carbocycles. The van der Waals surface area contributed by atoms with Crippen LogP contribution in [0.5, 0.6) is 5.75 Å². The van der Waals surface area contributed by atoms with Gasteiger partial charge in [-0.2, -0.15) is 0 Å². The van der Waals surface area contributed by atoms with Crippen LogP contribution in [0.1, 0.15) is 28.2 Å². The van der Waals surface area contributed by atoms with E-state index in [4.69, 9.17) is 4.74 Å². The highest BCUT2D eigenvalue weighted by atomic mass is 16.5. The molecule has 2 heterocycles. The van der Waals surface area contributed by atoms with Crippen molar-refractivity contribution >= 4 is 16.9 Å². The number of nitrogens with zero attached hydrogens (tertiary/aromatic N) is 3. The first-order valence-corrected chi connectivity index (χ1v) is 10.1. The largest absolute Gasteiger partial charge is 0.497 e. The number of carbonyl (C=O) groups excluding carboxylic acids is 1. The van der Waals surface area contributed by atoms with E-state index in [0.29, 0.717) is 12.1 Å². The number of hydrogen-bond acceptors (Lipinski definition) is 3. The van der Waals surface area contributed by atoms with Crippen molar-refractivity contribution in [2.24, 2.45) is 0 Å². The number of aromatic nitrogens is 3. The topological polar surface area (TPSA) is 61.1 Å². The summed E-state index contributed by atoms with van der Waals surface area (Å²) in [5, 5.41) is 3.05. The quantitative estimate of drug-likeness (QED) is 0.470. The van der Waals surface area contributed by atoms with Crippen molar-refractivity contribution in [3.63, 3.8) is 0 Å². The number of aryl methyl sites for hydroxylation is 2. The monoisotopic (exact) mass is 402 g/mol. The van der Waals surface area contributed by atoms with Gasteiger partial charge in [0.15, 0.2) is 0 Å². The Morgan fingerprint density at radius 3 is 2.63 bits per heavy atom. The molecule has 0 bridgehead atoms. The predicted octanol–water partition coefficient (Wildman–Crippen LogP) is 4.27. The molecule has 0 spiro atoms. The van der Waals surface area contributed by atoms with Crippen molar-refractivity contribution in [2.45, 2.75) is 26.8 Å². The van der Waals surface area contributed by atoms with Crippen LogP contribution in [0.3, 0.4) is 0 Å². The highest BCUT2D eigenvalue weighted by Crippen LogP contribution is 2.22. The molecule has 0 fully saturated rings. The van der Waals surface area contributed by atoms with Crippen molar-refractivity contribution in [1.29, 1.82) is 0 Å². The lowest BCUT2D eigenvalue weighted by Crippen LogP contribution is -2.25. The Bertz CT molecular complexity index is 1170. The molecule has 6 heteroatoms. The van der Waals surface area contributed by atoms with Crippen molar-refractivity contribution in [1.82, 2.24) is 19.4 Å². The van der Waals surface area contributed by atoms with Gasteiger partial charge in [0.2, 0.25) is 0 Å². The van der Waals surface area contributed by atoms with E-state index in [0.717, 1.165) is 46.8 Å². The van der Waals surface area contributed by atoms with Crippen LogP contribution in [-0.2, 0) is 6.54 Å². The van der Waals surface area contributed by atoms with Crippen LogP contribution in [0.4, 0.5) is 0 Å². The average molecular weight is 402 g/mol. The molecule has 6 nitrogen and oxygen atoms in total. The number of hydrogen-bond donors (Lipinski definition) is 1. The second-order valence-electron chi connectivity index (χ2n) is 7.35. The first-order valence-electron chi connectivity index (χ1n) is 10.1. The lowest BCUT2D eigenvalue weighted by Gasteiger charge is -2.11. The maximum Gasteiger partial charge on any atom is 0.253 e. The molecule has 4 rings (SSSR count). The minimum atomic E-state index is -0.0432. The second kappa shape index (κ2) is 8.45. The molecule has 0 unspecified atom stereocenters. The predicted molar refractivity (Wildman–Crippen MR) is 118 cm³/mol. The summed E-state index contributed by atoms with van der Waals surface area (Å²) in [4.78, 5) is 17.2. The Balaban J connectivity index is 1.40. The van der Waals surface area contributed by atoms with Gasteiger partial charge in [-0.05, 0) is 62.7 Å². The first-order chi connectivity index (χ1) is 14.6. The molecule has 0 aliphatic rings. The van der Waals surface area contributed by atoms with Crippen LogP contribution in [0.15, 0.2) is 60.9 Å². The zero-order valence-corrected chi connectivity index (χ0v) is 17.6. The third-order valence-corrected chi connectivity index (χ3v) is 5.40. The summed E-state index contributed by atoms with van der Waals surface area (Å²) in [6.45, 7) is 5.41. The molecule has 30 heavy (non-hydrogen) atoms. The van der Waals surface area contributed by atoms with Gasteiger partial charge in [0.25, 0.3) is 5.91 Å². The summed E-state index contributed by atoms with van der Waals surface area (Å²) in [7, 11) is 1.65. The molecule has 0 atom stereocenters. The van der Waals surface area contributed by atoms with E-state index in [-0.39, 0.29) is 5.91 Å². The van der Waals surface area contributed by atoms with Gasteiger partial charge in [0, 0.05) is 30.2 Å². The van der Waals surface area contributed by atoms with Gasteiger partial charge in [-0.3, -0.25) is 4.79 Å². The third kappa shape index (κ3) is 3.81. The van der Waals surface area contributed by atoms with Crippen LogP contribution < -0.4 is 10.1 Å². The van der Waals surface area contributed by atoms with Gasteiger partial charge in [-0.25, -0.2) is 4.98 Å². The van der Waals surface area contributed by atoms with Gasteiger partial charge >= 0.3 is 0 Å². The SMILES string of the molecule is COc1ccc(-n2c(C)cc(C(=O)NCCCn3cnc4ccccc43)c2C)cc1. The molecule has 0 radical (unpaired) electrons. The lowest BCUT2D eigenvalue weighted by atomic mass is 10.2. The van der Waals surface area contributed by atoms with Crippen LogP contribution >= 0.6 is 0 Å². The Hall–Kier alpha value is -3.54. The van der Waals surface area contributed by atoms with E-state index in [2.05, 4.69) is 25.5 Å². The zero-order valence-electron chi connectivity index (χ0n) is 17.6. The standard InChI is InChI=1S/C24H26N4O2/c1-17-15-21(18(2)28(17)19-9-11-20(30-3)12-10-19)24(29)25-13-6-14-27-16-26-22-7-4-5-8-23(22)27/h4-5,7-12,15-16H,6,13-14H2,1-3H3,(H,25,29). The Kier molecular flexibility index (Phi) is 5.57. The van der Waals surface area contributed by atoms with E-state index >= 15 is 0 Å². The van der Waals surface area contributed by atoms with Crippen LogP contribution in [0.2, 0.25) is 0 Å². The highest BCUT2D eigenvalue weighted by Gasteiger charge is 2.16. The molecular formula is C24H26N4O2. The van der Waals surface area contributed by atoms with E-state index in [1.807, 2.05) is 68.7 Å². The number of rotatable bonds is 7. The Morgan fingerprint density at radius 2 is 1.87 bits per heavy atom. The van der Waals surface area contributed by atoms with Gasteiger partial charge < -0.3 is 19.2 Å². The van der Waals surface area contributed by atoms with Crippen molar-refractivity contribution in [2.75, 3.05) is 13.7 Å². The molecule has 0 aliphatic carbocycles. The number of carbonyl (C=O) groups is 1. The summed E-state index contributed by atoms with van der Waals surface area (Å²) >= 11 is 0. The number of methoxy groups -OCH3 is 1. The van der Waals surface area contributed by atoms with Crippen molar-refractivity contribution in [3.05, 3.63) is 77.9 Å². The summed E-state index contributed by atoms with van der Waals surface area (Å²) in [6, 6.07) is 17.9. The fourth-order valence-electron chi connectivity index (χ4n) is 3.86. The van der Waals surface area contributed by atoms with E-state index < -0.39 is 0 Å². The Morgan fingerprint density at radius 1 is 1.10 bits per heavy atom. The number of benzene rings is 2. The molecule has 2 aromatic heterocycles. The smallest absolute Gasteiger partial charge is 0.253 e. The van der Waals surface area contributed by atoms with Gasteiger partial charge in [-0.1, -0.05) is 12.1 Å². The van der Waals surface area contributed by atoms with E-state index in [9.17, 15) is 4.79 Å². The molecule has 0 aliphatic heterocycles. The zero-order chi connectivity index (χ0) is 21.1. The number of amides is 1. The maximum atomic E-state index is 12.8. The van der Waals surface area contributed by atoms with E-state index in [1.165, 1.54) is 0 Å². The average Bonchev–Trinajstić information content (AvgIpc) is 3.31. The summed E-state index contributed by atoms with van der Waals surface area (Å²) in [5.41, 5.74) is 5.77. The molecule has 4 aromatic rings. The van der Waals surface area contributed by atoms with Crippen LogP contribution in [0, 0.1) is 13.8 Å². The number of imidazole rings is 1. The lowest BCUT2D eigenvalue weighted by molar-refractivity contribution is 0.0952. The van der Waals surface area contributed by atoms with Gasteiger partial charge in [0.05, 0.1) is 30.0 Å². The number of ether oxygens (including phenoxy) is 1. The van der Waals surface area contributed by atoms with Crippen molar-refractivity contribution < 1.29 is 9.53 Å². The number of fused-ring (bicyclic) bond motifs is 1. The van der Waals surface area contributed by atoms with Crippen LogP contribution in [-0.4, -0.2) is 33.7 Å². The summed E-state index contributed by atoms with van der Waals surface area (Å²) in [5.74, 6) is 0.767. The molecule has 1 N–H and O–H groups in total. The van der Waals surface area contributed by atoms with Crippen molar-refractivity contribution in [3.8, 4) is 11.4 Å². The minimum Gasteiger partial charge on any atom is -0.497 e. The fourth-order valence-corrected chi connectivity index (χ4v) is 3.86. The number of nitrogens with one attached hydrogen (secondary N) is 1. The normalized spacial score (nSPS) is 11.0. The Labute approximate surface area is 176 Å². The van der Waals surface area contributed by atoms with E-state index in [1.54, 1.807) is 7.11 Å². The summed E-state index contributed by atoms with van der Waals surface area (Å²) in [6.07, 6.45) is 2.69. The van der Waals surface area contributed by atoms with Gasteiger partial charge in [-0.15, -0.1) is 0 Å². The molecular weight excluding hydrogens is 376 g/mol.